The maximum absolute atomic E-state index is 6.52. The van der Waals surface area contributed by atoms with Gasteiger partial charge in [-0.3, -0.25) is 4.90 Å². The van der Waals surface area contributed by atoms with Crippen molar-refractivity contribution in [2.24, 2.45) is 0 Å². The van der Waals surface area contributed by atoms with Crippen LogP contribution in [0.15, 0.2) is 41.3 Å². The summed E-state index contributed by atoms with van der Waals surface area (Å²) in [5, 5.41) is 0. The van der Waals surface area contributed by atoms with Crippen molar-refractivity contribution in [1.29, 1.82) is 0 Å². The summed E-state index contributed by atoms with van der Waals surface area (Å²) >= 11 is 0. The highest BCUT2D eigenvalue weighted by atomic mass is 16.6. The summed E-state index contributed by atoms with van der Waals surface area (Å²) < 4.78 is 17.8. The van der Waals surface area contributed by atoms with Gasteiger partial charge in [-0.2, -0.15) is 0 Å². The van der Waals surface area contributed by atoms with Crippen LogP contribution in [0.5, 0.6) is 0 Å². The van der Waals surface area contributed by atoms with Gasteiger partial charge in [0.05, 0.1) is 38.7 Å². The molecule has 4 heterocycles. The molecular formula is C19H26N4O3. The van der Waals surface area contributed by atoms with Crippen molar-refractivity contribution in [2.75, 3.05) is 44.8 Å². The van der Waals surface area contributed by atoms with E-state index in [0.717, 1.165) is 50.7 Å². The highest BCUT2D eigenvalue weighted by Gasteiger charge is 2.43. The van der Waals surface area contributed by atoms with Gasteiger partial charge in [-0.25, -0.2) is 9.97 Å². The van der Waals surface area contributed by atoms with Crippen molar-refractivity contribution in [2.45, 2.75) is 31.1 Å². The molecule has 0 amide bonds. The van der Waals surface area contributed by atoms with Gasteiger partial charge in [-0.15, -0.1) is 0 Å². The molecule has 0 unspecified atom stereocenters. The Morgan fingerprint density at radius 2 is 2.19 bits per heavy atom. The first kappa shape index (κ1) is 17.5. The molecule has 0 aliphatic carbocycles. The molecule has 2 fully saturated rings. The predicted molar refractivity (Wildman–Crippen MR) is 96.9 cm³/mol. The first-order valence-corrected chi connectivity index (χ1v) is 9.21. The molecule has 140 valence electrons. The molecule has 2 aliphatic heterocycles. The van der Waals surface area contributed by atoms with Crippen molar-refractivity contribution in [3.8, 4) is 0 Å². The zero-order valence-corrected chi connectivity index (χ0v) is 15.2. The van der Waals surface area contributed by atoms with Crippen molar-refractivity contribution in [1.82, 2.24) is 14.9 Å². The summed E-state index contributed by atoms with van der Waals surface area (Å²) in [6.07, 6.45) is 7.51. The van der Waals surface area contributed by atoms with E-state index >= 15 is 0 Å². The average Bonchev–Trinajstić information content (AvgIpc) is 3.23. The van der Waals surface area contributed by atoms with Crippen molar-refractivity contribution in [3.63, 3.8) is 0 Å². The first-order valence-electron chi connectivity index (χ1n) is 9.21. The molecule has 7 nitrogen and oxygen atoms in total. The Kier molecular flexibility index (Phi) is 5.19. The van der Waals surface area contributed by atoms with E-state index in [1.165, 1.54) is 0 Å². The lowest BCUT2D eigenvalue weighted by molar-refractivity contribution is -0.0822. The number of ether oxygens (including phenoxy) is 2. The van der Waals surface area contributed by atoms with Crippen LogP contribution >= 0.6 is 0 Å². The van der Waals surface area contributed by atoms with E-state index in [-0.39, 0.29) is 11.7 Å². The van der Waals surface area contributed by atoms with E-state index in [2.05, 4.69) is 26.8 Å². The third-order valence-electron chi connectivity index (χ3n) is 5.04. The van der Waals surface area contributed by atoms with Crippen molar-refractivity contribution < 1.29 is 13.9 Å². The Labute approximate surface area is 153 Å². The van der Waals surface area contributed by atoms with Gasteiger partial charge in [-0.05, 0) is 38.1 Å². The molecule has 0 N–H and O–H groups in total. The van der Waals surface area contributed by atoms with Crippen LogP contribution < -0.4 is 4.90 Å². The van der Waals surface area contributed by atoms with Gasteiger partial charge < -0.3 is 18.8 Å². The number of aromatic nitrogens is 2. The molecule has 0 bridgehead atoms. The van der Waals surface area contributed by atoms with E-state index in [9.17, 15) is 0 Å². The summed E-state index contributed by atoms with van der Waals surface area (Å²) in [7, 11) is 2.10. The standard InChI is InChI=1S/C19H26N4O3/c1-22(12-16-4-2-10-25-16)13-17-5-6-19(26-17)14-23(9-11-24-15-19)18-20-7-3-8-21-18/h2-4,7-8,10,17H,5-6,9,11-15H2,1H3/t17-,19-/m1/s1. The fourth-order valence-corrected chi connectivity index (χ4v) is 3.86. The molecule has 2 aliphatic rings. The van der Waals surface area contributed by atoms with Gasteiger partial charge in [0.15, 0.2) is 0 Å². The monoisotopic (exact) mass is 358 g/mol. The van der Waals surface area contributed by atoms with E-state index in [0.29, 0.717) is 13.2 Å². The summed E-state index contributed by atoms with van der Waals surface area (Å²) in [5.74, 6) is 1.73. The van der Waals surface area contributed by atoms with Crippen LogP contribution in [0.4, 0.5) is 5.95 Å². The van der Waals surface area contributed by atoms with Crippen LogP contribution in [0.3, 0.4) is 0 Å². The molecule has 2 aromatic heterocycles. The summed E-state index contributed by atoms with van der Waals surface area (Å²) in [5.41, 5.74) is -0.272. The molecule has 0 radical (unpaired) electrons. The summed E-state index contributed by atoms with van der Waals surface area (Å²) in [6, 6.07) is 5.77. The maximum Gasteiger partial charge on any atom is 0.225 e. The molecular weight excluding hydrogens is 332 g/mol. The van der Waals surface area contributed by atoms with Crippen LogP contribution in [0.25, 0.3) is 0 Å². The average molecular weight is 358 g/mol. The lowest BCUT2D eigenvalue weighted by atomic mass is 10.00. The second kappa shape index (κ2) is 7.73. The predicted octanol–water partition coefficient (Wildman–Crippen LogP) is 1.96. The van der Waals surface area contributed by atoms with Gasteiger partial charge in [0.2, 0.25) is 5.95 Å². The SMILES string of the molecule is CN(Cc1ccco1)C[C@H]1CC[C@@]2(COCCN(c3ncccn3)C2)O1. The molecule has 0 saturated carbocycles. The lowest BCUT2D eigenvalue weighted by Gasteiger charge is -2.32. The minimum atomic E-state index is -0.272. The molecule has 1 spiro atoms. The smallest absolute Gasteiger partial charge is 0.225 e. The summed E-state index contributed by atoms with van der Waals surface area (Å²) in [4.78, 5) is 13.2. The number of likely N-dealkylation sites (N-methyl/N-ethyl adjacent to an activating group) is 1. The number of hydrogen-bond donors (Lipinski definition) is 0. The fourth-order valence-electron chi connectivity index (χ4n) is 3.86. The Morgan fingerprint density at radius 1 is 1.31 bits per heavy atom. The molecule has 26 heavy (non-hydrogen) atoms. The maximum atomic E-state index is 6.52. The van der Waals surface area contributed by atoms with Gasteiger partial charge in [0.25, 0.3) is 0 Å². The van der Waals surface area contributed by atoms with Crippen LogP contribution in [0, 0.1) is 0 Å². The van der Waals surface area contributed by atoms with Crippen LogP contribution in [0.1, 0.15) is 18.6 Å². The number of anilines is 1. The normalized spacial score (nSPS) is 26.5. The highest BCUT2D eigenvalue weighted by Crippen LogP contribution is 2.34. The molecule has 2 atom stereocenters. The number of nitrogens with zero attached hydrogens (tertiary/aromatic N) is 4. The zero-order chi connectivity index (χ0) is 17.8. The van der Waals surface area contributed by atoms with Crippen LogP contribution in [-0.2, 0) is 16.0 Å². The number of hydrogen-bond acceptors (Lipinski definition) is 7. The Morgan fingerprint density at radius 3 is 3.00 bits per heavy atom. The Hall–Kier alpha value is -1.96. The van der Waals surface area contributed by atoms with Gasteiger partial charge in [0, 0.05) is 25.5 Å². The third-order valence-corrected chi connectivity index (χ3v) is 5.04. The quantitative estimate of drug-likeness (QED) is 0.809. The van der Waals surface area contributed by atoms with E-state index in [4.69, 9.17) is 13.9 Å². The Balaban J connectivity index is 1.37. The summed E-state index contributed by atoms with van der Waals surface area (Å²) in [6.45, 7) is 4.54. The van der Waals surface area contributed by atoms with Crippen LogP contribution in [-0.4, -0.2) is 66.5 Å². The Bertz CT molecular complexity index is 681. The second-order valence-electron chi connectivity index (χ2n) is 7.26. The second-order valence-corrected chi connectivity index (χ2v) is 7.26. The molecule has 4 rings (SSSR count). The van der Waals surface area contributed by atoms with Gasteiger partial charge in [0.1, 0.15) is 11.4 Å². The molecule has 7 heteroatoms. The minimum absolute atomic E-state index is 0.204. The lowest BCUT2D eigenvalue weighted by Crippen LogP contribution is -2.45. The number of rotatable bonds is 5. The molecule has 0 aromatic carbocycles. The minimum Gasteiger partial charge on any atom is -0.468 e. The fraction of sp³-hybridized carbons (Fsp3) is 0.579. The van der Waals surface area contributed by atoms with Crippen LogP contribution in [0.2, 0.25) is 0 Å². The van der Waals surface area contributed by atoms with Gasteiger partial charge >= 0.3 is 0 Å². The van der Waals surface area contributed by atoms with Crippen molar-refractivity contribution in [3.05, 3.63) is 42.6 Å². The van der Waals surface area contributed by atoms with Gasteiger partial charge in [-0.1, -0.05) is 0 Å². The first-order chi connectivity index (χ1) is 12.7. The topological polar surface area (TPSA) is 63.9 Å². The number of furan rings is 1. The largest absolute Gasteiger partial charge is 0.468 e. The van der Waals surface area contributed by atoms with E-state index in [1.807, 2.05) is 18.2 Å². The van der Waals surface area contributed by atoms with E-state index in [1.54, 1.807) is 18.7 Å². The zero-order valence-electron chi connectivity index (χ0n) is 15.2. The molecule has 2 aromatic rings. The highest BCUT2D eigenvalue weighted by molar-refractivity contribution is 5.30. The third kappa shape index (κ3) is 4.06. The van der Waals surface area contributed by atoms with Crippen molar-refractivity contribution >= 4 is 5.95 Å². The molecule has 2 saturated heterocycles. The van der Waals surface area contributed by atoms with E-state index < -0.39 is 0 Å².